The van der Waals surface area contributed by atoms with Gasteiger partial charge in [-0.25, -0.2) is 9.97 Å². The van der Waals surface area contributed by atoms with Gasteiger partial charge >= 0.3 is 0 Å². The Bertz CT molecular complexity index is 1270. The fraction of sp³-hybridized carbons (Fsp3) is 0.280. The summed E-state index contributed by atoms with van der Waals surface area (Å²) in [5.74, 6) is 2.27. The van der Waals surface area contributed by atoms with E-state index in [1.54, 1.807) is 18.5 Å². The predicted octanol–water partition coefficient (Wildman–Crippen LogP) is 4.45. The molecule has 2 heterocycles. The first-order chi connectivity index (χ1) is 16.4. The number of H-pyrrole nitrogens is 1. The van der Waals surface area contributed by atoms with E-state index in [1.165, 1.54) is 0 Å². The average molecular weight is 461 g/mol. The van der Waals surface area contributed by atoms with Gasteiger partial charge in [-0.3, -0.25) is 9.89 Å². The molecule has 2 aromatic heterocycles. The molecule has 34 heavy (non-hydrogen) atoms. The molecular weight excluding hydrogens is 432 g/mol. The number of hydrogen-bond donors (Lipinski definition) is 3. The highest BCUT2D eigenvalue weighted by Gasteiger charge is 2.13. The van der Waals surface area contributed by atoms with Gasteiger partial charge in [-0.05, 0) is 58.0 Å². The topological polar surface area (TPSA) is 114 Å². The van der Waals surface area contributed by atoms with Crippen molar-refractivity contribution in [3.05, 3.63) is 54.9 Å². The number of carbonyl (C=O) groups excluding carboxylic acids is 1. The SMILES string of the molecule is CC(C)NC(=O)COc1cccc(-c2nc(Nc3cn[nH]c3)c3cc(OC(C)C)ccc3n2)c1. The summed E-state index contributed by atoms with van der Waals surface area (Å²) in [5.41, 5.74) is 2.30. The molecule has 0 fully saturated rings. The van der Waals surface area contributed by atoms with Crippen LogP contribution in [0.5, 0.6) is 11.5 Å². The Morgan fingerprint density at radius 2 is 1.91 bits per heavy atom. The molecule has 4 rings (SSSR count). The number of ether oxygens (including phenoxy) is 2. The van der Waals surface area contributed by atoms with Crippen LogP contribution in [0, 0.1) is 0 Å². The summed E-state index contributed by atoms with van der Waals surface area (Å²) < 4.78 is 11.5. The van der Waals surface area contributed by atoms with Crippen molar-refractivity contribution >= 4 is 28.3 Å². The van der Waals surface area contributed by atoms with Gasteiger partial charge in [-0.15, -0.1) is 0 Å². The third-order valence-electron chi connectivity index (χ3n) is 4.71. The molecule has 0 radical (unpaired) electrons. The Balaban J connectivity index is 1.68. The fourth-order valence-corrected chi connectivity index (χ4v) is 3.37. The van der Waals surface area contributed by atoms with Crippen LogP contribution in [0.3, 0.4) is 0 Å². The number of nitrogens with zero attached hydrogens (tertiary/aromatic N) is 3. The lowest BCUT2D eigenvalue weighted by Crippen LogP contribution is -2.34. The number of benzene rings is 2. The summed E-state index contributed by atoms with van der Waals surface area (Å²) in [6.45, 7) is 7.71. The van der Waals surface area contributed by atoms with Crippen molar-refractivity contribution in [3.8, 4) is 22.9 Å². The Hall–Kier alpha value is -4.14. The summed E-state index contributed by atoms with van der Waals surface area (Å²) in [6, 6.07) is 13.2. The number of rotatable bonds is 9. The number of nitrogens with one attached hydrogen (secondary N) is 3. The van der Waals surface area contributed by atoms with E-state index < -0.39 is 0 Å². The Labute approximate surface area is 197 Å². The van der Waals surface area contributed by atoms with E-state index in [4.69, 9.17) is 19.4 Å². The highest BCUT2D eigenvalue weighted by molar-refractivity contribution is 5.93. The first-order valence-corrected chi connectivity index (χ1v) is 11.1. The first kappa shape index (κ1) is 23.0. The molecule has 0 unspecified atom stereocenters. The van der Waals surface area contributed by atoms with Gasteiger partial charge in [-0.2, -0.15) is 5.10 Å². The van der Waals surface area contributed by atoms with Crippen LogP contribution in [0.1, 0.15) is 27.7 Å². The Kier molecular flexibility index (Phi) is 6.91. The van der Waals surface area contributed by atoms with Crippen LogP contribution < -0.4 is 20.1 Å². The number of hydrogen-bond acceptors (Lipinski definition) is 7. The minimum atomic E-state index is -0.173. The van der Waals surface area contributed by atoms with Gasteiger partial charge in [-0.1, -0.05) is 12.1 Å². The van der Waals surface area contributed by atoms with E-state index in [1.807, 2.05) is 64.1 Å². The standard InChI is InChI=1S/C25H28N6O3/c1-15(2)28-23(32)14-33-19-7-5-6-17(10-19)24-30-22-9-8-20(34-16(3)4)11-21(22)25(31-24)29-18-12-26-27-13-18/h5-13,15-16H,14H2,1-4H3,(H,26,27)(H,28,32)(H,29,30,31). The summed E-state index contributed by atoms with van der Waals surface area (Å²) in [7, 11) is 0. The summed E-state index contributed by atoms with van der Waals surface area (Å²) >= 11 is 0. The highest BCUT2D eigenvalue weighted by atomic mass is 16.5. The average Bonchev–Trinajstić information content (AvgIpc) is 3.30. The molecule has 0 bridgehead atoms. The molecular formula is C25H28N6O3. The molecule has 0 saturated heterocycles. The van der Waals surface area contributed by atoms with Crippen molar-refractivity contribution < 1.29 is 14.3 Å². The molecule has 0 aliphatic carbocycles. The minimum Gasteiger partial charge on any atom is -0.491 e. The number of carbonyl (C=O) groups is 1. The highest BCUT2D eigenvalue weighted by Crippen LogP contribution is 2.31. The van der Waals surface area contributed by atoms with Gasteiger partial charge in [0.2, 0.25) is 0 Å². The number of aromatic amines is 1. The van der Waals surface area contributed by atoms with E-state index >= 15 is 0 Å². The monoisotopic (exact) mass is 460 g/mol. The molecule has 2 aromatic carbocycles. The van der Waals surface area contributed by atoms with Crippen LogP contribution in [0.2, 0.25) is 0 Å². The maximum atomic E-state index is 11.9. The predicted molar refractivity (Wildman–Crippen MR) is 131 cm³/mol. The van der Waals surface area contributed by atoms with Crippen molar-refractivity contribution in [2.75, 3.05) is 11.9 Å². The van der Waals surface area contributed by atoms with Gasteiger partial charge in [0.25, 0.3) is 5.91 Å². The van der Waals surface area contributed by atoms with Crippen LogP contribution in [0.4, 0.5) is 11.5 Å². The van der Waals surface area contributed by atoms with E-state index in [2.05, 4.69) is 20.8 Å². The molecule has 4 aromatic rings. The summed E-state index contributed by atoms with van der Waals surface area (Å²) in [6.07, 6.45) is 3.48. The van der Waals surface area contributed by atoms with Crippen molar-refractivity contribution in [2.45, 2.75) is 39.8 Å². The molecule has 176 valence electrons. The second-order valence-electron chi connectivity index (χ2n) is 8.39. The molecule has 9 heteroatoms. The molecule has 3 N–H and O–H groups in total. The largest absolute Gasteiger partial charge is 0.491 e. The Morgan fingerprint density at radius 1 is 1.06 bits per heavy atom. The van der Waals surface area contributed by atoms with Crippen LogP contribution >= 0.6 is 0 Å². The van der Waals surface area contributed by atoms with Crippen molar-refractivity contribution in [3.63, 3.8) is 0 Å². The zero-order valence-electron chi connectivity index (χ0n) is 19.6. The smallest absolute Gasteiger partial charge is 0.258 e. The number of fused-ring (bicyclic) bond motifs is 1. The number of aromatic nitrogens is 4. The molecule has 0 atom stereocenters. The van der Waals surface area contributed by atoms with E-state index in [0.29, 0.717) is 17.4 Å². The lowest BCUT2D eigenvalue weighted by molar-refractivity contribution is -0.123. The van der Waals surface area contributed by atoms with Gasteiger partial charge < -0.3 is 20.1 Å². The quantitative estimate of drug-likeness (QED) is 0.338. The summed E-state index contributed by atoms with van der Waals surface area (Å²) in [5, 5.41) is 13.7. The second-order valence-corrected chi connectivity index (χ2v) is 8.39. The second kappa shape index (κ2) is 10.2. The van der Waals surface area contributed by atoms with E-state index in [0.717, 1.165) is 27.9 Å². The minimum absolute atomic E-state index is 0.0493. The number of anilines is 2. The van der Waals surface area contributed by atoms with Gasteiger partial charge in [0.05, 0.1) is 23.5 Å². The van der Waals surface area contributed by atoms with Crippen molar-refractivity contribution in [1.82, 2.24) is 25.5 Å². The Morgan fingerprint density at radius 3 is 2.65 bits per heavy atom. The van der Waals surface area contributed by atoms with Crippen LogP contribution in [-0.4, -0.2) is 44.8 Å². The zero-order valence-corrected chi connectivity index (χ0v) is 19.6. The maximum Gasteiger partial charge on any atom is 0.258 e. The molecule has 1 amide bonds. The third-order valence-corrected chi connectivity index (χ3v) is 4.71. The molecule has 0 saturated carbocycles. The lowest BCUT2D eigenvalue weighted by atomic mass is 10.1. The fourth-order valence-electron chi connectivity index (χ4n) is 3.37. The van der Waals surface area contributed by atoms with Gasteiger partial charge in [0.1, 0.15) is 17.3 Å². The third kappa shape index (κ3) is 5.80. The molecule has 0 aliphatic heterocycles. The van der Waals surface area contributed by atoms with Crippen molar-refractivity contribution in [1.29, 1.82) is 0 Å². The zero-order chi connectivity index (χ0) is 24.1. The lowest BCUT2D eigenvalue weighted by Gasteiger charge is -2.14. The first-order valence-electron chi connectivity index (χ1n) is 11.1. The van der Waals surface area contributed by atoms with Crippen LogP contribution in [-0.2, 0) is 4.79 Å². The van der Waals surface area contributed by atoms with Gasteiger partial charge in [0.15, 0.2) is 12.4 Å². The van der Waals surface area contributed by atoms with E-state index in [-0.39, 0.29) is 24.7 Å². The molecule has 0 aliphatic rings. The van der Waals surface area contributed by atoms with Crippen molar-refractivity contribution in [2.24, 2.45) is 0 Å². The molecule has 9 nitrogen and oxygen atoms in total. The molecule has 0 spiro atoms. The van der Waals surface area contributed by atoms with E-state index in [9.17, 15) is 4.79 Å². The van der Waals surface area contributed by atoms with Gasteiger partial charge in [0, 0.05) is 23.2 Å². The maximum absolute atomic E-state index is 11.9. The number of amides is 1. The summed E-state index contributed by atoms with van der Waals surface area (Å²) in [4.78, 5) is 21.5. The van der Waals surface area contributed by atoms with Crippen LogP contribution in [0.15, 0.2) is 54.9 Å². The normalized spacial score (nSPS) is 11.1. The van der Waals surface area contributed by atoms with Crippen LogP contribution in [0.25, 0.3) is 22.3 Å².